The maximum atomic E-state index is 12.5. The molecule has 2 aromatic rings. The van der Waals surface area contributed by atoms with Crippen molar-refractivity contribution in [1.29, 1.82) is 0 Å². The van der Waals surface area contributed by atoms with Gasteiger partial charge in [-0.25, -0.2) is 4.79 Å². The first kappa shape index (κ1) is 24.3. The van der Waals surface area contributed by atoms with Crippen molar-refractivity contribution in [1.82, 2.24) is 4.90 Å². The standard InChI is InChI=1S/C22H23ClN2O8/c1-13-10-24(11-14(2)32-13)21(26)12-31-22(27)15-4-6-19(20(8-15)30-3)33-18-7-5-16(23)9-17(18)25(28)29/h4-9,13-14H,10-12H2,1-3H3. The molecule has 0 bridgehead atoms. The molecule has 176 valence electrons. The van der Waals surface area contributed by atoms with Gasteiger partial charge >= 0.3 is 11.7 Å². The Labute approximate surface area is 195 Å². The summed E-state index contributed by atoms with van der Waals surface area (Å²) in [7, 11) is 1.36. The van der Waals surface area contributed by atoms with Crippen molar-refractivity contribution >= 4 is 29.2 Å². The van der Waals surface area contributed by atoms with Crippen molar-refractivity contribution in [2.24, 2.45) is 0 Å². The Hall–Kier alpha value is -3.37. The molecule has 3 rings (SSSR count). The number of carbonyl (C=O) groups excluding carboxylic acids is 2. The highest BCUT2D eigenvalue weighted by Gasteiger charge is 2.27. The number of morpholine rings is 1. The molecule has 0 spiro atoms. The van der Waals surface area contributed by atoms with E-state index in [2.05, 4.69) is 0 Å². The summed E-state index contributed by atoms with van der Waals surface area (Å²) in [5, 5.41) is 11.5. The second kappa shape index (κ2) is 10.5. The number of nitro benzene ring substituents is 1. The number of methoxy groups -OCH3 is 1. The summed E-state index contributed by atoms with van der Waals surface area (Å²) in [6.45, 7) is 4.19. The van der Waals surface area contributed by atoms with E-state index < -0.39 is 17.5 Å². The lowest BCUT2D eigenvalue weighted by atomic mass is 10.2. The molecule has 1 saturated heterocycles. The summed E-state index contributed by atoms with van der Waals surface area (Å²) >= 11 is 5.82. The Morgan fingerprint density at radius 1 is 1.12 bits per heavy atom. The first-order chi connectivity index (χ1) is 15.7. The number of nitrogens with zero attached hydrogens (tertiary/aromatic N) is 2. The van der Waals surface area contributed by atoms with Crippen LogP contribution in [0.25, 0.3) is 0 Å². The van der Waals surface area contributed by atoms with Crippen LogP contribution in [0.3, 0.4) is 0 Å². The molecule has 11 heteroatoms. The normalized spacial score (nSPS) is 17.9. The van der Waals surface area contributed by atoms with E-state index in [1.165, 1.54) is 43.5 Å². The van der Waals surface area contributed by atoms with Gasteiger partial charge in [0.15, 0.2) is 18.1 Å². The van der Waals surface area contributed by atoms with Crippen LogP contribution in [0.2, 0.25) is 5.02 Å². The average molecular weight is 479 g/mol. The van der Waals surface area contributed by atoms with Gasteiger partial charge in [0.2, 0.25) is 5.75 Å². The number of nitro groups is 1. The average Bonchev–Trinajstić information content (AvgIpc) is 2.77. The number of amides is 1. The second-order valence-electron chi connectivity index (χ2n) is 7.47. The lowest BCUT2D eigenvalue weighted by molar-refractivity contribution is -0.385. The minimum Gasteiger partial charge on any atom is -0.493 e. The molecule has 33 heavy (non-hydrogen) atoms. The third-order valence-electron chi connectivity index (χ3n) is 4.84. The van der Waals surface area contributed by atoms with Crippen LogP contribution in [-0.4, -0.2) is 60.7 Å². The van der Waals surface area contributed by atoms with E-state index in [0.717, 1.165) is 0 Å². The minimum atomic E-state index is -0.722. The van der Waals surface area contributed by atoms with Crippen molar-refractivity contribution in [2.45, 2.75) is 26.1 Å². The number of benzene rings is 2. The Morgan fingerprint density at radius 2 is 1.79 bits per heavy atom. The van der Waals surface area contributed by atoms with Crippen molar-refractivity contribution < 1.29 is 33.5 Å². The van der Waals surface area contributed by atoms with Gasteiger partial charge in [-0.05, 0) is 44.2 Å². The van der Waals surface area contributed by atoms with E-state index in [9.17, 15) is 19.7 Å². The van der Waals surface area contributed by atoms with Crippen molar-refractivity contribution in [3.8, 4) is 17.2 Å². The van der Waals surface area contributed by atoms with Crippen molar-refractivity contribution in [3.63, 3.8) is 0 Å². The van der Waals surface area contributed by atoms with E-state index >= 15 is 0 Å². The Morgan fingerprint density at radius 3 is 2.42 bits per heavy atom. The fourth-order valence-electron chi connectivity index (χ4n) is 3.40. The van der Waals surface area contributed by atoms with Gasteiger partial charge < -0.3 is 23.8 Å². The first-order valence-corrected chi connectivity index (χ1v) is 10.5. The van der Waals surface area contributed by atoms with Gasteiger partial charge in [0.25, 0.3) is 5.91 Å². The van der Waals surface area contributed by atoms with Crippen LogP contribution < -0.4 is 9.47 Å². The monoisotopic (exact) mass is 478 g/mol. The number of halogens is 1. The quantitative estimate of drug-likeness (QED) is 0.334. The fourth-order valence-corrected chi connectivity index (χ4v) is 3.57. The zero-order valence-corrected chi connectivity index (χ0v) is 19.0. The van der Waals surface area contributed by atoms with Gasteiger partial charge in [-0.3, -0.25) is 14.9 Å². The zero-order valence-electron chi connectivity index (χ0n) is 18.3. The second-order valence-corrected chi connectivity index (χ2v) is 7.91. The van der Waals surface area contributed by atoms with Gasteiger partial charge in [-0.1, -0.05) is 11.6 Å². The molecule has 10 nitrogen and oxygen atoms in total. The molecular weight excluding hydrogens is 456 g/mol. The minimum absolute atomic E-state index is 0.0439. The first-order valence-electron chi connectivity index (χ1n) is 10.1. The Kier molecular flexibility index (Phi) is 7.72. The smallest absolute Gasteiger partial charge is 0.338 e. The summed E-state index contributed by atoms with van der Waals surface area (Å²) < 4.78 is 21.6. The fraction of sp³-hybridized carbons (Fsp3) is 0.364. The summed E-state index contributed by atoms with van der Waals surface area (Å²) in [6, 6.07) is 8.17. The van der Waals surface area contributed by atoms with E-state index in [1.807, 2.05) is 13.8 Å². The molecule has 0 saturated carbocycles. The zero-order chi connectivity index (χ0) is 24.1. The molecule has 1 fully saturated rings. The van der Waals surface area contributed by atoms with Gasteiger partial charge in [0.05, 0.1) is 29.8 Å². The highest BCUT2D eigenvalue weighted by Crippen LogP contribution is 2.38. The molecule has 0 N–H and O–H groups in total. The summed E-state index contributed by atoms with van der Waals surface area (Å²) in [5.74, 6) is -0.785. The van der Waals surface area contributed by atoms with Crippen molar-refractivity contribution in [3.05, 3.63) is 57.1 Å². The number of hydrogen-bond donors (Lipinski definition) is 0. The van der Waals surface area contributed by atoms with Crippen LogP contribution in [0, 0.1) is 10.1 Å². The van der Waals surface area contributed by atoms with E-state index in [0.29, 0.717) is 13.1 Å². The molecule has 2 atom stereocenters. The third kappa shape index (κ3) is 6.11. The van der Waals surface area contributed by atoms with Crippen LogP contribution >= 0.6 is 11.6 Å². The molecular formula is C22H23ClN2O8. The molecule has 0 aromatic heterocycles. The molecule has 2 unspecified atom stereocenters. The largest absolute Gasteiger partial charge is 0.493 e. The number of hydrogen-bond acceptors (Lipinski definition) is 8. The van der Waals surface area contributed by atoms with Gasteiger partial charge in [-0.15, -0.1) is 0 Å². The molecule has 1 amide bonds. The molecule has 1 aliphatic rings. The number of ether oxygens (including phenoxy) is 4. The maximum absolute atomic E-state index is 12.5. The lowest BCUT2D eigenvalue weighted by Gasteiger charge is -2.35. The summed E-state index contributed by atoms with van der Waals surface area (Å²) in [5.41, 5.74) is -0.195. The molecule has 1 heterocycles. The maximum Gasteiger partial charge on any atom is 0.338 e. The highest BCUT2D eigenvalue weighted by atomic mass is 35.5. The molecule has 2 aromatic carbocycles. The van der Waals surface area contributed by atoms with Crippen LogP contribution in [0.4, 0.5) is 5.69 Å². The van der Waals surface area contributed by atoms with E-state index in [1.54, 1.807) is 4.90 Å². The molecule has 1 aliphatic heterocycles. The predicted octanol–water partition coefficient (Wildman–Crippen LogP) is 3.84. The Bertz CT molecular complexity index is 1050. The van der Waals surface area contributed by atoms with E-state index in [4.69, 9.17) is 30.5 Å². The summed E-state index contributed by atoms with van der Waals surface area (Å²) in [6.07, 6.45) is -0.191. The third-order valence-corrected chi connectivity index (χ3v) is 5.07. The van der Waals surface area contributed by atoms with Crippen LogP contribution in [-0.2, 0) is 14.3 Å². The van der Waals surface area contributed by atoms with Crippen LogP contribution in [0.5, 0.6) is 17.2 Å². The van der Waals surface area contributed by atoms with Gasteiger partial charge in [0.1, 0.15) is 0 Å². The van der Waals surface area contributed by atoms with Gasteiger partial charge in [-0.2, -0.15) is 0 Å². The SMILES string of the molecule is COc1cc(C(=O)OCC(=O)N2CC(C)OC(C)C2)ccc1Oc1ccc(Cl)cc1[N+](=O)[O-]. The number of rotatable bonds is 7. The van der Waals surface area contributed by atoms with E-state index in [-0.39, 0.29) is 51.6 Å². The number of carbonyl (C=O) groups is 2. The number of esters is 1. The van der Waals surface area contributed by atoms with Gasteiger partial charge in [0, 0.05) is 24.2 Å². The van der Waals surface area contributed by atoms with Crippen LogP contribution in [0.1, 0.15) is 24.2 Å². The lowest BCUT2D eigenvalue weighted by Crippen LogP contribution is -2.49. The highest BCUT2D eigenvalue weighted by molar-refractivity contribution is 6.30. The molecule has 0 radical (unpaired) electrons. The Balaban J connectivity index is 1.69. The topological polar surface area (TPSA) is 117 Å². The molecule has 0 aliphatic carbocycles. The predicted molar refractivity (Wildman–Crippen MR) is 118 cm³/mol. The van der Waals surface area contributed by atoms with Crippen molar-refractivity contribution in [2.75, 3.05) is 26.8 Å². The summed E-state index contributed by atoms with van der Waals surface area (Å²) in [4.78, 5) is 37.1. The van der Waals surface area contributed by atoms with Crippen LogP contribution in [0.15, 0.2) is 36.4 Å².